The summed E-state index contributed by atoms with van der Waals surface area (Å²) in [6.07, 6.45) is 6.07. The molecule has 2 aromatic rings. The van der Waals surface area contributed by atoms with Crippen molar-refractivity contribution in [2.45, 2.75) is 46.9 Å². The molecule has 0 saturated carbocycles. The van der Waals surface area contributed by atoms with Crippen molar-refractivity contribution < 1.29 is 36.8 Å². The van der Waals surface area contributed by atoms with Crippen LogP contribution in [-0.4, -0.2) is 120 Å². The van der Waals surface area contributed by atoms with Gasteiger partial charge in [-0.2, -0.15) is 8.42 Å². The second-order valence-corrected chi connectivity index (χ2v) is 18.4. The molecule has 48 heavy (non-hydrogen) atoms. The number of esters is 2. The summed E-state index contributed by atoms with van der Waals surface area (Å²) in [6, 6.07) is 8.40. The van der Waals surface area contributed by atoms with Gasteiger partial charge in [-0.25, -0.2) is 0 Å². The molecular formula is C33H52N2O8S5. The molecule has 0 aliphatic carbocycles. The third kappa shape index (κ3) is 15.4. The number of rotatable bonds is 18. The van der Waals surface area contributed by atoms with Gasteiger partial charge in [0.25, 0.3) is 10.1 Å². The number of nitrogens with zero attached hydrogens (tertiary/aromatic N) is 2. The first-order valence-electron chi connectivity index (χ1n) is 16.5. The molecule has 0 amide bonds. The SMILES string of the molecule is COC(=O)C1CN(CCSc2cccs2)CCC1CCCO.COC(=O)C1CN(CCSc2cccs2)CCC1CCCOS(C)(=O)=O. The maximum atomic E-state index is 12.2. The lowest BCUT2D eigenvalue weighted by Gasteiger charge is -2.37. The maximum absolute atomic E-state index is 12.2. The predicted molar refractivity (Wildman–Crippen MR) is 197 cm³/mol. The summed E-state index contributed by atoms with van der Waals surface area (Å²) in [4.78, 5) is 28.9. The summed E-state index contributed by atoms with van der Waals surface area (Å²) < 4.78 is 39.5. The third-order valence-corrected chi connectivity index (χ3v) is 13.5. The van der Waals surface area contributed by atoms with Gasteiger partial charge in [0.1, 0.15) is 0 Å². The van der Waals surface area contributed by atoms with Gasteiger partial charge in [-0.3, -0.25) is 13.8 Å². The van der Waals surface area contributed by atoms with Gasteiger partial charge in [-0.15, -0.1) is 46.2 Å². The number of piperidine rings is 2. The Morgan fingerprint density at radius 2 is 1.33 bits per heavy atom. The lowest BCUT2D eigenvalue weighted by atomic mass is 9.82. The standard InChI is InChI=1S/C17H27NO5S3.C16H25NO3S2/c1-22-17(19)15-13-18(9-12-25-16-6-4-11-24-16)8-7-14(15)5-3-10-23-26(2,20)21;1-20-16(19)14-12-17(7-6-13(14)4-2-9-18)8-11-22-15-5-3-10-21-15/h4,6,11,14-15H,3,5,7-10,12-13H2,1-2H3;3,5,10,13-14,18H,2,4,6-9,11-12H2,1H3. The number of hydrogen-bond acceptors (Lipinski definition) is 14. The topological polar surface area (TPSA) is 123 Å². The van der Waals surface area contributed by atoms with Crippen LogP contribution in [0.25, 0.3) is 0 Å². The number of carbonyl (C=O) groups excluding carboxylic acids is 2. The van der Waals surface area contributed by atoms with E-state index in [1.54, 1.807) is 22.7 Å². The van der Waals surface area contributed by atoms with E-state index in [4.69, 9.17) is 18.8 Å². The second-order valence-electron chi connectivity index (χ2n) is 12.1. The Kier molecular flexibility index (Phi) is 19.4. The van der Waals surface area contributed by atoms with Crippen LogP contribution >= 0.6 is 46.2 Å². The molecule has 2 saturated heterocycles. The second kappa shape index (κ2) is 22.6. The Labute approximate surface area is 303 Å². The van der Waals surface area contributed by atoms with Gasteiger partial charge < -0.3 is 24.4 Å². The molecule has 4 heterocycles. The van der Waals surface area contributed by atoms with Crippen LogP contribution in [0.5, 0.6) is 0 Å². The number of thiophene rings is 2. The summed E-state index contributed by atoms with van der Waals surface area (Å²) in [7, 11) is -0.503. The molecule has 0 bridgehead atoms. The molecule has 15 heteroatoms. The zero-order chi connectivity index (χ0) is 34.8. The van der Waals surface area contributed by atoms with E-state index in [1.807, 2.05) is 23.5 Å². The molecule has 2 aliphatic rings. The van der Waals surface area contributed by atoms with E-state index in [2.05, 4.69) is 44.8 Å². The van der Waals surface area contributed by atoms with E-state index in [9.17, 15) is 18.0 Å². The highest BCUT2D eigenvalue weighted by atomic mass is 32.2. The minimum Gasteiger partial charge on any atom is -0.469 e. The fourth-order valence-corrected chi connectivity index (χ4v) is 10.4. The molecule has 1 N–H and O–H groups in total. The van der Waals surface area contributed by atoms with Crippen LogP contribution < -0.4 is 0 Å². The highest BCUT2D eigenvalue weighted by molar-refractivity contribution is 8.01. The number of thioether (sulfide) groups is 2. The van der Waals surface area contributed by atoms with Crippen LogP contribution in [0, 0.1) is 23.7 Å². The molecule has 10 nitrogen and oxygen atoms in total. The quantitative estimate of drug-likeness (QED) is 0.0902. The van der Waals surface area contributed by atoms with E-state index in [1.165, 1.54) is 22.6 Å². The molecule has 2 aliphatic heterocycles. The van der Waals surface area contributed by atoms with Crippen molar-refractivity contribution in [3.8, 4) is 0 Å². The molecule has 0 aromatic carbocycles. The summed E-state index contributed by atoms with van der Waals surface area (Å²) in [6.45, 7) is 5.80. The zero-order valence-electron chi connectivity index (χ0n) is 28.3. The first-order valence-corrected chi connectivity index (χ1v) is 22.1. The first-order chi connectivity index (χ1) is 23.1. The number of likely N-dealkylation sites (tertiary alicyclic amines) is 2. The normalized spacial score (nSPS) is 22.1. The summed E-state index contributed by atoms with van der Waals surface area (Å²) in [5, 5.41) is 13.2. The van der Waals surface area contributed by atoms with E-state index in [-0.39, 0.29) is 42.9 Å². The lowest BCUT2D eigenvalue weighted by Crippen LogP contribution is -2.45. The Morgan fingerprint density at radius 3 is 1.73 bits per heavy atom. The van der Waals surface area contributed by atoms with Crippen LogP contribution in [0.15, 0.2) is 43.4 Å². The molecular weight excluding hydrogens is 713 g/mol. The van der Waals surface area contributed by atoms with Gasteiger partial charge in [0.15, 0.2) is 0 Å². The number of hydrogen-bond donors (Lipinski definition) is 1. The fraction of sp³-hybridized carbons (Fsp3) is 0.697. The van der Waals surface area contributed by atoms with Crippen LogP contribution in [0.3, 0.4) is 0 Å². The summed E-state index contributed by atoms with van der Waals surface area (Å²) in [5.41, 5.74) is 0. The Balaban J connectivity index is 0.000000264. The molecule has 2 fully saturated rings. The van der Waals surface area contributed by atoms with Crippen molar-refractivity contribution in [1.29, 1.82) is 0 Å². The van der Waals surface area contributed by atoms with Gasteiger partial charge in [0.05, 0.1) is 47.3 Å². The van der Waals surface area contributed by atoms with Gasteiger partial charge >= 0.3 is 11.9 Å². The average molecular weight is 765 g/mol. The van der Waals surface area contributed by atoms with Crippen molar-refractivity contribution in [2.75, 3.05) is 84.5 Å². The number of ether oxygens (including phenoxy) is 2. The Hall–Kier alpha value is -1.17. The highest BCUT2D eigenvalue weighted by Gasteiger charge is 2.35. The molecule has 4 atom stereocenters. The van der Waals surface area contributed by atoms with Crippen LogP contribution in [0.4, 0.5) is 0 Å². The molecule has 4 unspecified atom stereocenters. The number of methoxy groups -OCH3 is 2. The van der Waals surface area contributed by atoms with Crippen molar-refractivity contribution in [2.24, 2.45) is 23.7 Å². The molecule has 0 radical (unpaired) electrons. The first kappa shape index (κ1) is 41.3. The van der Waals surface area contributed by atoms with Crippen LogP contribution in [0.2, 0.25) is 0 Å². The minimum absolute atomic E-state index is 0.0444. The van der Waals surface area contributed by atoms with E-state index >= 15 is 0 Å². The largest absolute Gasteiger partial charge is 0.469 e. The third-order valence-electron chi connectivity index (χ3n) is 8.73. The lowest BCUT2D eigenvalue weighted by molar-refractivity contribution is -0.150. The average Bonchev–Trinajstić information content (AvgIpc) is 3.81. The van der Waals surface area contributed by atoms with Crippen molar-refractivity contribution in [3.63, 3.8) is 0 Å². The molecule has 2 aromatic heterocycles. The fourth-order valence-electron chi connectivity index (χ4n) is 6.22. The molecule has 4 rings (SSSR count). The van der Waals surface area contributed by atoms with Crippen LogP contribution in [0.1, 0.15) is 38.5 Å². The molecule has 272 valence electrons. The number of aliphatic hydroxyl groups excluding tert-OH is 1. The van der Waals surface area contributed by atoms with Crippen molar-refractivity contribution >= 4 is 68.3 Å². The minimum atomic E-state index is -3.40. The van der Waals surface area contributed by atoms with Crippen LogP contribution in [-0.2, 0) is 33.4 Å². The highest BCUT2D eigenvalue weighted by Crippen LogP contribution is 2.31. The van der Waals surface area contributed by atoms with Gasteiger partial charge in [-0.1, -0.05) is 12.1 Å². The van der Waals surface area contributed by atoms with Crippen molar-refractivity contribution in [1.82, 2.24) is 9.80 Å². The Morgan fingerprint density at radius 1 is 0.854 bits per heavy atom. The molecule has 0 spiro atoms. The Bertz CT molecular complexity index is 1280. The van der Waals surface area contributed by atoms with E-state index in [0.717, 1.165) is 82.6 Å². The number of carbonyl (C=O) groups is 2. The maximum Gasteiger partial charge on any atom is 0.310 e. The summed E-state index contributed by atoms with van der Waals surface area (Å²) in [5.74, 6) is 2.15. The van der Waals surface area contributed by atoms with Gasteiger partial charge in [0.2, 0.25) is 0 Å². The van der Waals surface area contributed by atoms with E-state index in [0.29, 0.717) is 18.9 Å². The van der Waals surface area contributed by atoms with E-state index < -0.39 is 10.1 Å². The van der Waals surface area contributed by atoms with Gasteiger partial charge in [-0.05, 0) is 86.3 Å². The smallest absolute Gasteiger partial charge is 0.310 e. The monoisotopic (exact) mass is 764 g/mol. The van der Waals surface area contributed by atoms with Crippen molar-refractivity contribution in [3.05, 3.63) is 35.0 Å². The van der Waals surface area contributed by atoms with Gasteiger partial charge in [0, 0.05) is 44.3 Å². The zero-order valence-corrected chi connectivity index (χ0v) is 32.4. The summed E-state index contributed by atoms with van der Waals surface area (Å²) >= 11 is 7.24. The number of aliphatic hydroxyl groups is 1. The predicted octanol–water partition coefficient (Wildman–Crippen LogP) is 5.43.